The van der Waals surface area contributed by atoms with E-state index in [2.05, 4.69) is 0 Å². The average molecular weight is 361 g/mol. The second-order valence-corrected chi connectivity index (χ2v) is 7.55. The van der Waals surface area contributed by atoms with Crippen LogP contribution in [0.4, 0.5) is 0 Å². The fraction of sp³-hybridized carbons (Fsp3) is 0.278. The second-order valence-electron chi connectivity index (χ2n) is 5.88. The lowest BCUT2D eigenvalue weighted by atomic mass is 10.0. The Hall–Kier alpha value is -1.92. The van der Waals surface area contributed by atoms with Gasteiger partial charge in [-0.1, -0.05) is 74.2 Å². The molecule has 1 aromatic carbocycles. The highest BCUT2D eigenvalue weighted by Gasteiger charge is 2.41. The van der Waals surface area contributed by atoms with Crippen LogP contribution in [0.3, 0.4) is 0 Å². The Kier molecular flexibility index (Phi) is 5.96. The Labute approximate surface area is 151 Å². The summed E-state index contributed by atoms with van der Waals surface area (Å²) in [5.74, 6) is -1.61. The maximum atomic E-state index is 12.6. The van der Waals surface area contributed by atoms with E-state index in [-0.39, 0.29) is 11.8 Å². The fourth-order valence-electron chi connectivity index (χ4n) is 2.47. The number of nitrogens with zero attached hydrogens (tertiary/aromatic N) is 1. The Morgan fingerprint density at radius 3 is 2.46 bits per heavy atom. The molecule has 0 aliphatic carbocycles. The van der Waals surface area contributed by atoms with Gasteiger partial charge in [0.05, 0.1) is 4.91 Å². The molecule has 0 bridgehead atoms. The number of allylic oxidation sites excluding steroid dienone is 2. The molecule has 4 nitrogen and oxygen atoms in total. The zero-order chi connectivity index (χ0) is 17.9. The molecule has 1 aromatic rings. The van der Waals surface area contributed by atoms with Crippen molar-refractivity contribution in [2.24, 2.45) is 5.92 Å². The standard InChI is InChI=1S/C18H19NO3S2/c1-11(2)15(17(21)22)19-16(20)14(24-18(19)23)10-12(3)9-13-7-5-4-6-8-13/h4-11,15H,1-3H3,(H,21,22)/b12-9+,14-10-/t15-/m1/s1. The van der Waals surface area contributed by atoms with E-state index in [0.29, 0.717) is 9.23 Å². The molecule has 1 saturated heterocycles. The number of carboxylic acids is 1. The second kappa shape index (κ2) is 7.77. The van der Waals surface area contributed by atoms with Gasteiger partial charge in [-0.25, -0.2) is 4.79 Å². The summed E-state index contributed by atoms with van der Waals surface area (Å²) < 4.78 is 0.292. The summed E-state index contributed by atoms with van der Waals surface area (Å²) in [5.41, 5.74) is 1.94. The van der Waals surface area contributed by atoms with Crippen LogP contribution < -0.4 is 0 Å². The number of hydrogen-bond donors (Lipinski definition) is 1. The van der Waals surface area contributed by atoms with Crippen molar-refractivity contribution in [3.05, 3.63) is 52.4 Å². The molecule has 1 amide bonds. The molecule has 0 spiro atoms. The van der Waals surface area contributed by atoms with Crippen LogP contribution in [0.5, 0.6) is 0 Å². The van der Waals surface area contributed by atoms with Gasteiger partial charge in [-0.2, -0.15) is 0 Å². The van der Waals surface area contributed by atoms with Crippen LogP contribution >= 0.6 is 24.0 Å². The van der Waals surface area contributed by atoms with Crippen LogP contribution in [-0.4, -0.2) is 32.2 Å². The first-order valence-corrected chi connectivity index (χ1v) is 8.77. The molecule has 24 heavy (non-hydrogen) atoms. The summed E-state index contributed by atoms with van der Waals surface area (Å²) in [6.45, 7) is 5.43. The summed E-state index contributed by atoms with van der Waals surface area (Å²) >= 11 is 6.38. The molecule has 0 unspecified atom stereocenters. The van der Waals surface area contributed by atoms with E-state index < -0.39 is 12.0 Å². The van der Waals surface area contributed by atoms with Gasteiger partial charge < -0.3 is 5.11 Å². The van der Waals surface area contributed by atoms with Gasteiger partial charge in [-0.3, -0.25) is 9.69 Å². The van der Waals surface area contributed by atoms with Crippen molar-refractivity contribution in [1.29, 1.82) is 0 Å². The van der Waals surface area contributed by atoms with Crippen LogP contribution in [0.1, 0.15) is 26.3 Å². The highest BCUT2D eigenvalue weighted by Crippen LogP contribution is 2.35. The highest BCUT2D eigenvalue weighted by molar-refractivity contribution is 8.26. The molecule has 1 N–H and O–H groups in total. The maximum absolute atomic E-state index is 12.6. The predicted octanol–water partition coefficient (Wildman–Crippen LogP) is 3.94. The Bertz CT molecular complexity index is 723. The van der Waals surface area contributed by atoms with Gasteiger partial charge in [0.1, 0.15) is 10.4 Å². The van der Waals surface area contributed by atoms with E-state index in [1.54, 1.807) is 19.9 Å². The summed E-state index contributed by atoms with van der Waals surface area (Å²) in [4.78, 5) is 25.8. The number of benzene rings is 1. The fourth-order valence-corrected chi connectivity index (χ4v) is 3.85. The lowest BCUT2D eigenvalue weighted by molar-refractivity contribution is -0.146. The molecular weight excluding hydrogens is 342 g/mol. The van der Waals surface area contributed by atoms with Gasteiger partial charge >= 0.3 is 5.97 Å². The SMILES string of the molecule is CC(/C=C1\SC(=S)N([C@@H](C(=O)O)C(C)C)C1=O)=C\c1ccccc1. The topological polar surface area (TPSA) is 57.6 Å². The molecule has 1 aliphatic rings. The quantitative estimate of drug-likeness (QED) is 0.636. The number of aliphatic carboxylic acids is 1. The summed E-state index contributed by atoms with van der Waals surface area (Å²) in [6.07, 6.45) is 3.72. The van der Waals surface area contributed by atoms with Gasteiger partial charge in [0.15, 0.2) is 0 Å². The molecule has 1 atom stereocenters. The van der Waals surface area contributed by atoms with Crippen molar-refractivity contribution in [1.82, 2.24) is 4.90 Å². The molecule has 0 aromatic heterocycles. The molecule has 0 radical (unpaired) electrons. The number of thioether (sulfide) groups is 1. The number of thiocarbonyl (C=S) groups is 1. The van der Waals surface area contributed by atoms with E-state index in [0.717, 1.165) is 22.9 Å². The summed E-state index contributed by atoms with van der Waals surface area (Å²) in [6, 6.07) is 8.83. The smallest absolute Gasteiger partial charge is 0.327 e. The lowest BCUT2D eigenvalue weighted by Crippen LogP contribution is -2.47. The summed E-state index contributed by atoms with van der Waals surface area (Å²) in [5, 5.41) is 9.41. The molecule has 1 aliphatic heterocycles. The molecule has 1 heterocycles. The predicted molar refractivity (Wildman–Crippen MR) is 101 cm³/mol. The van der Waals surface area contributed by atoms with Crippen LogP contribution in [-0.2, 0) is 9.59 Å². The molecule has 0 saturated carbocycles. The number of hydrogen-bond acceptors (Lipinski definition) is 4. The Morgan fingerprint density at radius 2 is 1.92 bits per heavy atom. The minimum absolute atomic E-state index is 0.231. The van der Waals surface area contributed by atoms with Gasteiger partial charge in [-0.15, -0.1) is 0 Å². The first-order chi connectivity index (χ1) is 11.3. The van der Waals surface area contributed by atoms with E-state index >= 15 is 0 Å². The number of carbonyl (C=O) groups is 2. The number of rotatable bonds is 5. The number of carboxylic acid groups (broad SMARTS) is 1. The van der Waals surface area contributed by atoms with Crippen molar-refractivity contribution in [2.75, 3.05) is 0 Å². The van der Waals surface area contributed by atoms with Crippen molar-refractivity contribution < 1.29 is 14.7 Å². The largest absolute Gasteiger partial charge is 0.480 e. The van der Waals surface area contributed by atoms with Gasteiger partial charge in [0.25, 0.3) is 5.91 Å². The molecule has 6 heteroatoms. The van der Waals surface area contributed by atoms with E-state index in [1.807, 2.05) is 43.3 Å². The lowest BCUT2D eigenvalue weighted by Gasteiger charge is -2.26. The Morgan fingerprint density at radius 1 is 1.29 bits per heavy atom. The summed E-state index contributed by atoms with van der Waals surface area (Å²) in [7, 11) is 0. The average Bonchev–Trinajstić information content (AvgIpc) is 2.75. The van der Waals surface area contributed by atoms with E-state index in [1.165, 1.54) is 4.90 Å². The van der Waals surface area contributed by atoms with Crippen molar-refractivity contribution in [2.45, 2.75) is 26.8 Å². The third-order valence-electron chi connectivity index (χ3n) is 3.54. The van der Waals surface area contributed by atoms with Gasteiger partial charge in [0, 0.05) is 0 Å². The Balaban J connectivity index is 2.28. The van der Waals surface area contributed by atoms with E-state index in [9.17, 15) is 14.7 Å². The molecular formula is C18H19NO3S2. The molecule has 1 fully saturated rings. The zero-order valence-electron chi connectivity index (χ0n) is 13.7. The normalized spacial score (nSPS) is 18.6. The van der Waals surface area contributed by atoms with E-state index in [4.69, 9.17) is 12.2 Å². The van der Waals surface area contributed by atoms with Crippen molar-refractivity contribution >= 4 is 46.3 Å². The van der Waals surface area contributed by atoms with Crippen LogP contribution in [0.15, 0.2) is 46.9 Å². The number of amides is 1. The van der Waals surface area contributed by atoms with Gasteiger partial charge in [-0.05, 0) is 30.1 Å². The molecule has 2 rings (SSSR count). The van der Waals surface area contributed by atoms with Crippen LogP contribution in [0.2, 0.25) is 0 Å². The van der Waals surface area contributed by atoms with Crippen LogP contribution in [0, 0.1) is 5.92 Å². The minimum Gasteiger partial charge on any atom is -0.480 e. The highest BCUT2D eigenvalue weighted by atomic mass is 32.2. The maximum Gasteiger partial charge on any atom is 0.327 e. The zero-order valence-corrected chi connectivity index (χ0v) is 15.4. The third-order valence-corrected chi connectivity index (χ3v) is 4.87. The minimum atomic E-state index is -1.04. The molecule has 126 valence electrons. The monoisotopic (exact) mass is 361 g/mol. The van der Waals surface area contributed by atoms with Crippen LogP contribution in [0.25, 0.3) is 6.08 Å². The first-order valence-electron chi connectivity index (χ1n) is 7.54. The van der Waals surface area contributed by atoms with Crippen molar-refractivity contribution in [3.63, 3.8) is 0 Å². The first kappa shape index (κ1) is 18.4. The number of carbonyl (C=O) groups excluding carboxylic acids is 1. The van der Waals surface area contributed by atoms with Gasteiger partial charge in [0.2, 0.25) is 0 Å². The van der Waals surface area contributed by atoms with Crippen molar-refractivity contribution in [3.8, 4) is 0 Å². The third kappa shape index (κ3) is 4.13.